The second-order valence-electron chi connectivity index (χ2n) is 4.33. The zero-order chi connectivity index (χ0) is 12.4. The number of anilines is 2. The van der Waals surface area contributed by atoms with E-state index in [9.17, 15) is 4.39 Å². The highest BCUT2D eigenvalue weighted by Gasteiger charge is 2.26. The van der Waals surface area contributed by atoms with Crippen molar-refractivity contribution in [2.24, 2.45) is 0 Å². The summed E-state index contributed by atoms with van der Waals surface area (Å²) < 4.78 is 13.9. The fourth-order valence-electron chi connectivity index (χ4n) is 2.11. The van der Waals surface area contributed by atoms with Gasteiger partial charge >= 0.3 is 0 Å². The normalized spacial score (nSPS) is 15.7. The third kappa shape index (κ3) is 2.55. The number of nitrogens with two attached hydrogens (primary N) is 1. The Balaban J connectivity index is 2.31. The Hall–Kier alpha value is -0.810. The SMILES string of the molecule is Nc1cc(Br)c(F)cc1N(CCO)C1CCC1. The summed E-state index contributed by atoms with van der Waals surface area (Å²) in [4.78, 5) is 2.01. The Morgan fingerprint density at radius 3 is 2.71 bits per heavy atom. The molecule has 0 radical (unpaired) electrons. The van der Waals surface area contributed by atoms with Crippen LogP contribution >= 0.6 is 15.9 Å². The lowest BCUT2D eigenvalue weighted by Crippen LogP contribution is -2.42. The lowest BCUT2D eigenvalue weighted by atomic mass is 9.91. The number of nitrogen functional groups attached to an aromatic ring is 1. The first-order valence-corrected chi connectivity index (χ1v) is 6.55. The number of aliphatic hydroxyl groups excluding tert-OH is 1. The summed E-state index contributed by atoms with van der Waals surface area (Å²) in [5, 5.41) is 9.10. The van der Waals surface area contributed by atoms with Crippen LogP contribution in [0.4, 0.5) is 15.8 Å². The van der Waals surface area contributed by atoms with Crippen LogP contribution in [0.1, 0.15) is 19.3 Å². The molecular formula is C12H16BrFN2O. The van der Waals surface area contributed by atoms with Crippen molar-refractivity contribution in [2.75, 3.05) is 23.8 Å². The van der Waals surface area contributed by atoms with Crippen LogP contribution in [0.3, 0.4) is 0 Å². The fourth-order valence-corrected chi connectivity index (χ4v) is 2.47. The van der Waals surface area contributed by atoms with Gasteiger partial charge in [-0.2, -0.15) is 0 Å². The summed E-state index contributed by atoms with van der Waals surface area (Å²) in [6, 6.07) is 3.39. The maximum absolute atomic E-state index is 13.6. The predicted molar refractivity (Wildman–Crippen MR) is 70.6 cm³/mol. The van der Waals surface area contributed by atoms with Crippen molar-refractivity contribution in [1.29, 1.82) is 0 Å². The van der Waals surface area contributed by atoms with Gasteiger partial charge in [-0.15, -0.1) is 0 Å². The molecule has 1 saturated carbocycles. The number of rotatable bonds is 4. The molecule has 5 heteroatoms. The molecule has 1 fully saturated rings. The molecule has 3 N–H and O–H groups in total. The lowest BCUT2D eigenvalue weighted by molar-refractivity contribution is 0.283. The Morgan fingerprint density at radius 1 is 1.47 bits per heavy atom. The van der Waals surface area contributed by atoms with Gasteiger partial charge in [0.05, 0.1) is 22.5 Å². The van der Waals surface area contributed by atoms with Crippen molar-refractivity contribution in [2.45, 2.75) is 25.3 Å². The summed E-state index contributed by atoms with van der Waals surface area (Å²) in [6.45, 7) is 0.545. The van der Waals surface area contributed by atoms with E-state index in [2.05, 4.69) is 15.9 Å². The first kappa shape index (κ1) is 12.6. The predicted octanol–water partition coefficient (Wildman–Crippen LogP) is 2.52. The van der Waals surface area contributed by atoms with Gasteiger partial charge in [0.25, 0.3) is 0 Å². The van der Waals surface area contributed by atoms with E-state index in [1.54, 1.807) is 6.07 Å². The summed E-state index contributed by atoms with van der Waals surface area (Å²) in [5.74, 6) is -0.323. The minimum Gasteiger partial charge on any atom is -0.397 e. The van der Waals surface area contributed by atoms with E-state index in [-0.39, 0.29) is 12.4 Å². The second-order valence-corrected chi connectivity index (χ2v) is 5.18. The number of hydrogen-bond donors (Lipinski definition) is 2. The van der Waals surface area contributed by atoms with Crippen LogP contribution in [0, 0.1) is 5.82 Å². The van der Waals surface area contributed by atoms with Crippen molar-refractivity contribution >= 4 is 27.3 Å². The minimum absolute atomic E-state index is 0.0492. The summed E-state index contributed by atoms with van der Waals surface area (Å²) in [7, 11) is 0. The minimum atomic E-state index is -0.323. The van der Waals surface area contributed by atoms with Gasteiger partial charge in [-0.05, 0) is 41.3 Å². The Morgan fingerprint density at radius 2 is 2.18 bits per heavy atom. The molecule has 2 rings (SSSR count). The standard InChI is InChI=1S/C12H16BrFN2O/c13-9-6-11(15)12(7-10(9)14)16(4-5-17)8-2-1-3-8/h6-8,17H,1-5,15H2. The van der Waals surface area contributed by atoms with Crippen LogP contribution in [-0.4, -0.2) is 24.3 Å². The molecule has 0 heterocycles. The van der Waals surface area contributed by atoms with Crippen molar-refractivity contribution in [3.05, 3.63) is 22.4 Å². The van der Waals surface area contributed by atoms with E-state index in [0.717, 1.165) is 12.8 Å². The molecule has 0 amide bonds. The van der Waals surface area contributed by atoms with Crippen molar-refractivity contribution in [3.8, 4) is 0 Å². The van der Waals surface area contributed by atoms with Crippen LogP contribution in [0.5, 0.6) is 0 Å². The highest BCUT2D eigenvalue weighted by atomic mass is 79.9. The van der Waals surface area contributed by atoms with Gasteiger partial charge in [0.1, 0.15) is 5.82 Å². The molecule has 0 saturated heterocycles. The van der Waals surface area contributed by atoms with Gasteiger partial charge in [0.2, 0.25) is 0 Å². The molecule has 1 aliphatic carbocycles. The van der Waals surface area contributed by atoms with Gasteiger partial charge < -0.3 is 15.7 Å². The molecule has 0 bridgehead atoms. The summed E-state index contributed by atoms with van der Waals surface area (Å²) in [5.41, 5.74) is 7.14. The third-order valence-corrected chi connectivity index (χ3v) is 3.84. The van der Waals surface area contributed by atoms with E-state index in [4.69, 9.17) is 10.8 Å². The second kappa shape index (κ2) is 5.23. The van der Waals surface area contributed by atoms with E-state index >= 15 is 0 Å². The van der Waals surface area contributed by atoms with Crippen LogP contribution in [0.2, 0.25) is 0 Å². The fraction of sp³-hybridized carbons (Fsp3) is 0.500. The molecule has 0 unspecified atom stereocenters. The number of hydrogen-bond acceptors (Lipinski definition) is 3. The van der Waals surface area contributed by atoms with Gasteiger partial charge in [-0.25, -0.2) is 4.39 Å². The number of halogens is 2. The maximum atomic E-state index is 13.6. The zero-order valence-electron chi connectivity index (χ0n) is 9.50. The van der Waals surface area contributed by atoms with Crippen molar-refractivity contribution in [3.63, 3.8) is 0 Å². The van der Waals surface area contributed by atoms with Crippen LogP contribution < -0.4 is 10.6 Å². The van der Waals surface area contributed by atoms with Crippen molar-refractivity contribution in [1.82, 2.24) is 0 Å². The van der Waals surface area contributed by atoms with E-state index in [1.807, 2.05) is 4.90 Å². The van der Waals surface area contributed by atoms with E-state index in [0.29, 0.717) is 28.4 Å². The third-order valence-electron chi connectivity index (χ3n) is 3.24. The Kier molecular flexibility index (Phi) is 3.89. The number of aliphatic hydroxyl groups is 1. The topological polar surface area (TPSA) is 49.5 Å². The average Bonchev–Trinajstić information content (AvgIpc) is 2.20. The highest BCUT2D eigenvalue weighted by molar-refractivity contribution is 9.10. The van der Waals surface area contributed by atoms with Gasteiger partial charge in [-0.1, -0.05) is 0 Å². The quantitative estimate of drug-likeness (QED) is 0.840. The first-order chi connectivity index (χ1) is 8.13. The molecule has 1 aromatic carbocycles. The van der Waals surface area contributed by atoms with Gasteiger partial charge in [0, 0.05) is 18.7 Å². The molecule has 1 aliphatic rings. The van der Waals surface area contributed by atoms with Crippen LogP contribution in [0.15, 0.2) is 16.6 Å². The Bertz CT molecular complexity index is 410. The molecule has 1 aromatic rings. The molecule has 94 valence electrons. The van der Waals surface area contributed by atoms with E-state index < -0.39 is 0 Å². The average molecular weight is 303 g/mol. The molecule has 17 heavy (non-hydrogen) atoms. The highest BCUT2D eigenvalue weighted by Crippen LogP contribution is 2.35. The largest absolute Gasteiger partial charge is 0.397 e. The smallest absolute Gasteiger partial charge is 0.139 e. The summed E-state index contributed by atoms with van der Waals surface area (Å²) >= 11 is 3.11. The number of nitrogens with zero attached hydrogens (tertiary/aromatic N) is 1. The zero-order valence-corrected chi connectivity index (χ0v) is 11.1. The maximum Gasteiger partial charge on any atom is 0.139 e. The molecule has 0 atom stereocenters. The lowest BCUT2D eigenvalue weighted by Gasteiger charge is -2.39. The van der Waals surface area contributed by atoms with Crippen LogP contribution in [-0.2, 0) is 0 Å². The molecule has 3 nitrogen and oxygen atoms in total. The first-order valence-electron chi connectivity index (χ1n) is 5.75. The monoisotopic (exact) mass is 302 g/mol. The Labute approximate surface area is 109 Å². The molecule has 0 spiro atoms. The summed E-state index contributed by atoms with van der Waals surface area (Å²) in [6.07, 6.45) is 3.35. The van der Waals surface area contributed by atoms with Crippen LogP contribution in [0.25, 0.3) is 0 Å². The van der Waals surface area contributed by atoms with Gasteiger partial charge in [0.15, 0.2) is 0 Å². The van der Waals surface area contributed by atoms with Gasteiger partial charge in [-0.3, -0.25) is 0 Å². The van der Waals surface area contributed by atoms with Crippen molar-refractivity contribution < 1.29 is 9.50 Å². The number of benzene rings is 1. The molecular weight excluding hydrogens is 287 g/mol. The molecule has 0 aromatic heterocycles. The van der Waals surface area contributed by atoms with E-state index in [1.165, 1.54) is 12.5 Å². The molecule has 0 aliphatic heterocycles.